The maximum Gasteiger partial charge on any atom is 0.155 e. The normalized spacial score (nSPS) is 11.9. The lowest BCUT2D eigenvalue weighted by Gasteiger charge is -2.10. The fraction of sp³-hybridized carbons (Fsp3) is 0.316. The van der Waals surface area contributed by atoms with Crippen LogP contribution < -0.4 is 4.74 Å². The molecule has 2 aromatic carbocycles. The summed E-state index contributed by atoms with van der Waals surface area (Å²) in [6, 6.07) is 17.5. The fourth-order valence-electron chi connectivity index (χ4n) is 2.14. The summed E-state index contributed by atoms with van der Waals surface area (Å²) in [5, 5.41) is -0.560. The van der Waals surface area contributed by atoms with Crippen LogP contribution in [-0.2, 0) is 11.4 Å². The van der Waals surface area contributed by atoms with Gasteiger partial charge in [-0.3, -0.25) is 4.79 Å². The Morgan fingerprint density at radius 3 is 2.41 bits per heavy atom. The highest BCUT2D eigenvalue weighted by Gasteiger charge is 2.16. The van der Waals surface area contributed by atoms with Gasteiger partial charge < -0.3 is 4.74 Å². The van der Waals surface area contributed by atoms with Gasteiger partial charge in [-0.1, -0.05) is 55.8 Å². The van der Waals surface area contributed by atoms with E-state index in [2.05, 4.69) is 6.92 Å². The molecule has 0 aliphatic heterocycles. The van der Waals surface area contributed by atoms with Crippen molar-refractivity contribution in [3.63, 3.8) is 0 Å². The van der Waals surface area contributed by atoms with Crippen LogP contribution in [0.1, 0.15) is 42.7 Å². The van der Waals surface area contributed by atoms with E-state index < -0.39 is 5.38 Å². The van der Waals surface area contributed by atoms with Crippen LogP contribution in [-0.4, -0.2) is 5.78 Å². The van der Waals surface area contributed by atoms with Gasteiger partial charge in [0.1, 0.15) is 17.7 Å². The molecule has 116 valence electrons. The molecule has 0 radical (unpaired) electrons. The lowest BCUT2D eigenvalue weighted by molar-refractivity contribution is -0.118. The van der Waals surface area contributed by atoms with Crippen molar-refractivity contribution in [1.82, 2.24) is 0 Å². The molecule has 0 saturated heterocycles. The van der Waals surface area contributed by atoms with E-state index in [1.165, 1.54) is 0 Å². The van der Waals surface area contributed by atoms with Gasteiger partial charge in [-0.05, 0) is 29.7 Å². The number of benzene rings is 2. The molecule has 0 heterocycles. The molecule has 0 amide bonds. The third kappa shape index (κ3) is 4.88. The van der Waals surface area contributed by atoms with Gasteiger partial charge in [0.15, 0.2) is 5.78 Å². The molecule has 0 bridgehead atoms. The Balaban J connectivity index is 1.91. The molecule has 2 rings (SSSR count). The zero-order chi connectivity index (χ0) is 15.8. The Bertz CT molecular complexity index is 578. The van der Waals surface area contributed by atoms with E-state index in [4.69, 9.17) is 16.3 Å². The minimum absolute atomic E-state index is 0.0847. The fourth-order valence-corrected chi connectivity index (χ4v) is 2.39. The van der Waals surface area contributed by atoms with Gasteiger partial charge in [0.2, 0.25) is 0 Å². The van der Waals surface area contributed by atoms with Crippen molar-refractivity contribution in [2.75, 3.05) is 0 Å². The van der Waals surface area contributed by atoms with E-state index in [9.17, 15) is 4.79 Å². The molecule has 2 nitrogen and oxygen atoms in total. The smallest absolute Gasteiger partial charge is 0.155 e. The van der Waals surface area contributed by atoms with Gasteiger partial charge in [0, 0.05) is 6.42 Å². The average Bonchev–Trinajstić information content (AvgIpc) is 2.58. The predicted octanol–water partition coefficient (Wildman–Crippen LogP) is 5.30. The van der Waals surface area contributed by atoms with E-state index in [1.54, 1.807) is 0 Å². The molecule has 0 saturated carbocycles. The van der Waals surface area contributed by atoms with Crippen molar-refractivity contribution in [2.45, 2.75) is 38.2 Å². The highest BCUT2D eigenvalue weighted by molar-refractivity contribution is 6.31. The number of hydrogen-bond donors (Lipinski definition) is 0. The zero-order valence-corrected chi connectivity index (χ0v) is 13.6. The first-order chi connectivity index (χ1) is 10.7. The molecule has 22 heavy (non-hydrogen) atoms. The minimum atomic E-state index is -0.560. The summed E-state index contributed by atoms with van der Waals surface area (Å²) in [4.78, 5) is 11.9. The Kier molecular flexibility index (Phi) is 6.47. The molecular weight excluding hydrogens is 296 g/mol. The first kappa shape index (κ1) is 16.6. The van der Waals surface area contributed by atoms with Crippen LogP contribution in [0.2, 0.25) is 0 Å². The summed E-state index contributed by atoms with van der Waals surface area (Å²) in [7, 11) is 0. The van der Waals surface area contributed by atoms with Gasteiger partial charge >= 0.3 is 0 Å². The molecule has 0 aliphatic rings. The number of rotatable bonds is 8. The van der Waals surface area contributed by atoms with Gasteiger partial charge in [0.25, 0.3) is 0 Å². The molecule has 3 heteroatoms. The summed E-state index contributed by atoms with van der Waals surface area (Å²) >= 11 is 6.23. The van der Waals surface area contributed by atoms with Crippen LogP contribution in [0.15, 0.2) is 54.6 Å². The second-order valence-corrected chi connectivity index (χ2v) is 5.71. The molecule has 0 aromatic heterocycles. The van der Waals surface area contributed by atoms with Crippen molar-refractivity contribution < 1.29 is 9.53 Å². The quantitative estimate of drug-likeness (QED) is 0.617. The number of alkyl halides is 1. The third-order valence-electron chi connectivity index (χ3n) is 3.48. The van der Waals surface area contributed by atoms with E-state index in [0.717, 1.165) is 29.7 Å². The van der Waals surface area contributed by atoms with Gasteiger partial charge in [-0.25, -0.2) is 0 Å². The number of carbonyl (C=O) groups is 1. The number of ketones is 1. The third-order valence-corrected chi connectivity index (χ3v) is 3.98. The maximum absolute atomic E-state index is 11.9. The Labute approximate surface area is 137 Å². The molecule has 2 aromatic rings. The molecule has 1 unspecified atom stereocenters. The predicted molar refractivity (Wildman–Crippen MR) is 90.3 cm³/mol. The van der Waals surface area contributed by atoms with Crippen molar-refractivity contribution >= 4 is 17.4 Å². The van der Waals surface area contributed by atoms with E-state index in [0.29, 0.717) is 13.0 Å². The first-order valence-corrected chi connectivity index (χ1v) is 8.08. The molecule has 0 fully saturated rings. The van der Waals surface area contributed by atoms with Crippen LogP contribution >= 0.6 is 11.6 Å². The zero-order valence-electron chi connectivity index (χ0n) is 12.8. The maximum atomic E-state index is 11.9. The van der Waals surface area contributed by atoms with E-state index in [1.807, 2.05) is 54.6 Å². The molecule has 0 aliphatic carbocycles. The minimum Gasteiger partial charge on any atom is -0.489 e. The number of halogens is 1. The van der Waals surface area contributed by atoms with E-state index in [-0.39, 0.29) is 5.78 Å². The van der Waals surface area contributed by atoms with Crippen LogP contribution in [0.3, 0.4) is 0 Å². The number of ether oxygens (including phenoxy) is 1. The number of carbonyl (C=O) groups excluding carboxylic acids is 1. The highest BCUT2D eigenvalue weighted by atomic mass is 35.5. The summed E-state index contributed by atoms with van der Waals surface area (Å²) in [6.07, 6.45) is 2.43. The van der Waals surface area contributed by atoms with Crippen molar-refractivity contribution in [1.29, 1.82) is 0 Å². The van der Waals surface area contributed by atoms with Crippen LogP contribution in [0.25, 0.3) is 0 Å². The summed E-state index contributed by atoms with van der Waals surface area (Å²) in [5.74, 6) is 0.860. The average molecular weight is 317 g/mol. The topological polar surface area (TPSA) is 26.3 Å². The van der Waals surface area contributed by atoms with Crippen LogP contribution in [0.5, 0.6) is 5.75 Å². The number of unbranched alkanes of at least 4 members (excludes halogenated alkanes) is 1. The molecular formula is C19H21ClO2. The second kappa shape index (κ2) is 8.60. The van der Waals surface area contributed by atoms with Crippen LogP contribution in [0, 0.1) is 0 Å². The number of Topliss-reactive ketones (excluding diaryl/α,β-unsaturated/α-hetero) is 1. The summed E-state index contributed by atoms with van der Waals surface area (Å²) in [5.41, 5.74) is 1.95. The second-order valence-electron chi connectivity index (χ2n) is 5.28. The lowest BCUT2D eigenvalue weighted by Crippen LogP contribution is -2.06. The SMILES string of the molecule is CCCCC(=O)C(Cl)c1ccc(OCc2ccccc2)cc1. The van der Waals surface area contributed by atoms with Gasteiger partial charge in [-0.15, -0.1) is 11.6 Å². The molecule has 0 N–H and O–H groups in total. The molecule has 1 atom stereocenters. The van der Waals surface area contributed by atoms with Gasteiger partial charge in [0.05, 0.1) is 0 Å². The Morgan fingerprint density at radius 2 is 1.77 bits per heavy atom. The standard InChI is InChI=1S/C19H21ClO2/c1-2-3-9-18(21)19(20)16-10-12-17(13-11-16)22-14-15-7-5-4-6-8-15/h4-8,10-13,19H,2-3,9,14H2,1H3. The van der Waals surface area contributed by atoms with Gasteiger partial charge in [-0.2, -0.15) is 0 Å². The van der Waals surface area contributed by atoms with E-state index >= 15 is 0 Å². The Hall–Kier alpha value is -1.80. The molecule has 0 spiro atoms. The van der Waals surface area contributed by atoms with Crippen LogP contribution in [0.4, 0.5) is 0 Å². The lowest BCUT2D eigenvalue weighted by atomic mass is 10.0. The van der Waals surface area contributed by atoms with Crippen molar-refractivity contribution in [3.05, 3.63) is 65.7 Å². The van der Waals surface area contributed by atoms with Crippen molar-refractivity contribution in [3.8, 4) is 5.75 Å². The monoisotopic (exact) mass is 316 g/mol. The summed E-state index contributed by atoms with van der Waals surface area (Å²) < 4.78 is 5.72. The number of hydrogen-bond acceptors (Lipinski definition) is 2. The largest absolute Gasteiger partial charge is 0.489 e. The first-order valence-electron chi connectivity index (χ1n) is 7.64. The summed E-state index contributed by atoms with van der Waals surface area (Å²) in [6.45, 7) is 2.59. The highest BCUT2D eigenvalue weighted by Crippen LogP contribution is 2.26. The van der Waals surface area contributed by atoms with Crippen molar-refractivity contribution in [2.24, 2.45) is 0 Å². The Morgan fingerprint density at radius 1 is 1.09 bits per heavy atom.